The van der Waals surface area contributed by atoms with E-state index in [9.17, 15) is 22.4 Å². The third-order valence-corrected chi connectivity index (χ3v) is 2.99. The minimum Gasteiger partial charge on any atom is -0.491 e. The van der Waals surface area contributed by atoms with Crippen molar-refractivity contribution in [3.8, 4) is 5.75 Å². The van der Waals surface area contributed by atoms with Crippen molar-refractivity contribution in [3.05, 3.63) is 29.7 Å². The van der Waals surface area contributed by atoms with Crippen LogP contribution in [-0.4, -0.2) is 23.4 Å². The van der Waals surface area contributed by atoms with E-state index in [0.29, 0.717) is 10.6 Å². The summed E-state index contributed by atoms with van der Waals surface area (Å²) < 4.78 is 64.0. The number of ether oxygens (including phenoxy) is 2. The highest BCUT2D eigenvalue weighted by Crippen LogP contribution is 2.37. The molecule has 4 nitrogen and oxygen atoms in total. The van der Waals surface area contributed by atoms with E-state index in [2.05, 4.69) is 0 Å². The van der Waals surface area contributed by atoms with E-state index in [1.165, 1.54) is 26.0 Å². The van der Waals surface area contributed by atoms with Crippen LogP contribution in [0, 0.1) is 5.82 Å². The van der Waals surface area contributed by atoms with Crippen LogP contribution in [-0.2, 0) is 10.9 Å². The topological polar surface area (TPSA) is 40.5 Å². The zero-order valence-corrected chi connectivity index (χ0v) is 12.7. The summed E-state index contributed by atoms with van der Waals surface area (Å²) in [5, 5.41) is -0.357. The van der Waals surface area contributed by atoms with Gasteiger partial charge in [-0.2, -0.15) is 13.2 Å². The normalized spacial score (nSPS) is 12.0. The summed E-state index contributed by atoms with van der Waals surface area (Å²) in [5.74, 6) is -1.13. The predicted octanol–water partition coefficient (Wildman–Crippen LogP) is 4.59. The van der Waals surface area contributed by atoms with Crippen LogP contribution in [0.2, 0.25) is 0 Å². The number of fused-ring (bicyclic) bond motifs is 1. The minimum absolute atomic E-state index is 0.157. The fourth-order valence-corrected chi connectivity index (χ4v) is 2.15. The summed E-state index contributed by atoms with van der Waals surface area (Å²) in [6.45, 7) is 4.79. The third kappa shape index (κ3) is 3.25. The van der Waals surface area contributed by atoms with Crippen LogP contribution in [0.15, 0.2) is 18.2 Å². The lowest BCUT2D eigenvalue weighted by Gasteiger charge is -2.14. The molecule has 0 aliphatic carbocycles. The highest BCUT2D eigenvalue weighted by Gasteiger charge is 2.38. The van der Waals surface area contributed by atoms with Crippen LogP contribution in [0.25, 0.3) is 10.9 Å². The van der Waals surface area contributed by atoms with Crippen molar-refractivity contribution < 1.29 is 31.8 Å². The molecule has 1 aromatic heterocycles. The second kappa shape index (κ2) is 6.10. The Kier molecular flexibility index (Phi) is 4.53. The van der Waals surface area contributed by atoms with Gasteiger partial charge in [-0.15, -0.1) is 0 Å². The van der Waals surface area contributed by atoms with Crippen molar-refractivity contribution in [2.24, 2.45) is 0 Å². The molecule has 0 radical (unpaired) electrons. The summed E-state index contributed by atoms with van der Waals surface area (Å²) in [4.78, 5) is 12.0. The van der Waals surface area contributed by atoms with E-state index < -0.39 is 29.9 Å². The van der Waals surface area contributed by atoms with Gasteiger partial charge in [0.05, 0.1) is 18.2 Å². The van der Waals surface area contributed by atoms with E-state index >= 15 is 0 Å². The maximum absolute atomic E-state index is 14.3. The molecule has 0 spiro atoms. The first-order valence-corrected chi connectivity index (χ1v) is 6.91. The lowest BCUT2D eigenvalue weighted by Crippen LogP contribution is -2.23. The van der Waals surface area contributed by atoms with Crippen LogP contribution in [0.5, 0.6) is 5.75 Å². The molecule has 0 aliphatic heterocycles. The smallest absolute Gasteiger partial charge is 0.432 e. The minimum atomic E-state index is -4.84. The Labute approximate surface area is 129 Å². The standard InChI is InChI=1S/C15H15F4NO3/c1-4-22-11-6-5-10-9(13(11)16)7-12(15(17,18)19)20(10)14(21)23-8(2)3/h5-8H,4H2,1-3H3. The number of benzene rings is 1. The van der Waals surface area contributed by atoms with Crippen molar-refractivity contribution in [2.45, 2.75) is 33.1 Å². The van der Waals surface area contributed by atoms with Gasteiger partial charge in [0.25, 0.3) is 0 Å². The maximum atomic E-state index is 14.3. The van der Waals surface area contributed by atoms with Crippen molar-refractivity contribution in [1.82, 2.24) is 4.57 Å². The SMILES string of the molecule is CCOc1ccc2c(cc(C(F)(F)F)n2C(=O)OC(C)C)c1F. The predicted molar refractivity (Wildman–Crippen MR) is 75.1 cm³/mol. The monoisotopic (exact) mass is 333 g/mol. The Bertz CT molecular complexity index is 734. The molecule has 0 aliphatic rings. The summed E-state index contributed by atoms with van der Waals surface area (Å²) in [6, 6.07) is 2.95. The van der Waals surface area contributed by atoms with Crippen molar-refractivity contribution in [2.75, 3.05) is 6.61 Å². The van der Waals surface area contributed by atoms with Crippen LogP contribution in [0.1, 0.15) is 26.5 Å². The molecule has 23 heavy (non-hydrogen) atoms. The number of rotatable bonds is 3. The van der Waals surface area contributed by atoms with E-state index in [1.807, 2.05) is 0 Å². The summed E-state index contributed by atoms with van der Waals surface area (Å²) in [7, 11) is 0. The van der Waals surface area contributed by atoms with Gasteiger partial charge in [-0.05, 0) is 39.0 Å². The van der Waals surface area contributed by atoms with Crippen molar-refractivity contribution >= 4 is 17.0 Å². The molecule has 8 heteroatoms. The van der Waals surface area contributed by atoms with Gasteiger partial charge in [-0.1, -0.05) is 0 Å². The lowest BCUT2D eigenvalue weighted by molar-refractivity contribution is -0.142. The molecule has 126 valence electrons. The van der Waals surface area contributed by atoms with Crippen molar-refractivity contribution in [1.29, 1.82) is 0 Å². The molecule has 0 bridgehead atoms. The Morgan fingerprint density at radius 2 is 1.96 bits per heavy atom. The Morgan fingerprint density at radius 3 is 2.48 bits per heavy atom. The van der Waals surface area contributed by atoms with Crippen LogP contribution in [0.3, 0.4) is 0 Å². The molecule has 0 N–H and O–H groups in total. The number of hydrogen-bond acceptors (Lipinski definition) is 3. The number of nitrogens with zero attached hydrogens (tertiary/aromatic N) is 1. The van der Waals surface area contributed by atoms with Gasteiger partial charge < -0.3 is 9.47 Å². The van der Waals surface area contributed by atoms with Crippen molar-refractivity contribution in [3.63, 3.8) is 0 Å². The van der Waals surface area contributed by atoms with Gasteiger partial charge >= 0.3 is 12.3 Å². The van der Waals surface area contributed by atoms with Gasteiger partial charge in [0.2, 0.25) is 0 Å². The average Bonchev–Trinajstić information content (AvgIpc) is 2.81. The number of carbonyl (C=O) groups excluding carboxylic acids is 1. The fraction of sp³-hybridized carbons (Fsp3) is 0.400. The highest BCUT2D eigenvalue weighted by atomic mass is 19.4. The molecule has 2 rings (SSSR count). The number of hydrogen-bond donors (Lipinski definition) is 0. The number of halogens is 4. The van der Waals surface area contributed by atoms with E-state index in [0.717, 1.165) is 0 Å². The van der Waals surface area contributed by atoms with Crippen LogP contribution >= 0.6 is 0 Å². The first kappa shape index (κ1) is 17.1. The number of carbonyl (C=O) groups is 1. The molecule has 1 aromatic carbocycles. The van der Waals surface area contributed by atoms with Crippen LogP contribution < -0.4 is 4.74 Å². The lowest BCUT2D eigenvalue weighted by atomic mass is 10.2. The van der Waals surface area contributed by atoms with Gasteiger partial charge in [0, 0.05) is 5.39 Å². The van der Waals surface area contributed by atoms with Gasteiger partial charge in [0.1, 0.15) is 5.69 Å². The molecule has 0 fully saturated rings. The van der Waals surface area contributed by atoms with E-state index in [4.69, 9.17) is 9.47 Å². The van der Waals surface area contributed by atoms with Gasteiger partial charge in [0.15, 0.2) is 11.6 Å². The summed E-state index contributed by atoms with van der Waals surface area (Å²) in [6.07, 6.45) is -6.67. The molecule has 0 amide bonds. The quantitative estimate of drug-likeness (QED) is 0.771. The largest absolute Gasteiger partial charge is 0.491 e. The highest BCUT2D eigenvalue weighted by molar-refractivity contribution is 5.92. The molecular weight excluding hydrogens is 318 g/mol. The maximum Gasteiger partial charge on any atom is 0.432 e. The average molecular weight is 333 g/mol. The van der Waals surface area contributed by atoms with E-state index in [-0.39, 0.29) is 23.3 Å². The Balaban J connectivity index is 2.72. The third-order valence-electron chi connectivity index (χ3n) is 2.99. The van der Waals surface area contributed by atoms with Crippen LogP contribution in [0.4, 0.5) is 22.4 Å². The molecule has 2 aromatic rings. The molecule has 1 heterocycles. The van der Waals surface area contributed by atoms with Gasteiger partial charge in [-0.3, -0.25) is 0 Å². The number of aromatic nitrogens is 1. The Morgan fingerprint density at radius 1 is 1.30 bits per heavy atom. The molecule has 0 atom stereocenters. The molecule has 0 saturated heterocycles. The summed E-state index contributed by atoms with van der Waals surface area (Å²) in [5.41, 5.74) is -1.53. The molecular formula is C15H15F4NO3. The molecule has 0 unspecified atom stereocenters. The first-order chi connectivity index (χ1) is 10.7. The zero-order valence-electron chi connectivity index (χ0n) is 12.7. The Hall–Kier alpha value is -2.25. The second-order valence-corrected chi connectivity index (χ2v) is 5.04. The summed E-state index contributed by atoms with van der Waals surface area (Å²) >= 11 is 0. The first-order valence-electron chi connectivity index (χ1n) is 6.91. The van der Waals surface area contributed by atoms with Gasteiger partial charge in [-0.25, -0.2) is 13.8 Å². The molecule has 0 saturated carbocycles. The second-order valence-electron chi connectivity index (χ2n) is 5.04. The zero-order chi connectivity index (χ0) is 17.4. The fourth-order valence-electron chi connectivity index (χ4n) is 2.15. The number of alkyl halides is 3. The van der Waals surface area contributed by atoms with E-state index in [1.54, 1.807) is 6.92 Å².